The molecule has 9 heteroatoms. The minimum atomic E-state index is -3.71. The van der Waals surface area contributed by atoms with Gasteiger partial charge in [0.1, 0.15) is 5.75 Å². The molecular weight excluding hydrogens is 414 g/mol. The fourth-order valence-electron chi connectivity index (χ4n) is 3.97. The maximum absolute atomic E-state index is 13.1. The summed E-state index contributed by atoms with van der Waals surface area (Å²) < 4.78 is 33.1. The Kier molecular flexibility index (Phi) is 7.42. The van der Waals surface area contributed by atoms with Gasteiger partial charge < -0.3 is 14.5 Å². The Hall–Kier alpha value is -1.35. The molecule has 2 saturated heterocycles. The molecule has 2 aliphatic rings. The number of sulfonamides is 1. The molecule has 2 fully saturated rings. The van der Waals surface area contributed by atoms with Gasteiger partial charge in [0.2, 0.25) is 15.9 Å². The first-order valence-electron chi connectivity index (χ1n) is 10.3. The van der Waals surface area contributed by atoms with E-state index in [2.05, 4.69) is 11.8 Å². The van der Waals surface area contributed by atoms with Crippen LogP contribution in [-0.4, -0.2) is 80.9 Å². The number of carbonyl (C=O) groups excluding carboxylic acids is 1. The Morgan fingerprint density at radius 3 is 2.52 bits per heavy atom. The largest absolute Gasteiger partial charge is 0.492 e. The van der Waals surface area contributed by atoms with Crippen LogP contribution in [0.4, 0.5) is 0 Å². The Labute approximate surface area is 178 Å². The number of ether oxygens (including phenoxy) is 1. The van der Waals surface area contributed by atoms with E-state index in [1.165, 1.54) is 16.4 Å². The van der Waals surface area contributed by atoms with Crippen molar-refractivity contribution in [1.82, 2.24) is 14.1 Å². The lowest BCUT2D eigenvalue weighted by atomic mass is 9.98. The van der Waals surface area contributed by atoms with E-state index in [1.807, 2.05) is 11.8 Å². The molecule has 1 aromatic carbocycles. The second-order valence-corrected chi connectivity index (χ2v) is 9.83. The number of carbonyl (C=O) groups is 1. The third-order valence-electron chi connectivity index (χ3n) is 5.71. The molecule has 2 aliphatic heterocycles. The Balaban J connectivity index is 1.69. The summed E-state index contributed by atoms with van der Waals surface area (Å²) in [4.78, 5) is 17.3. The summed E-state index contributed by atoms with van der Waals surface area (Å²) in [7, 11) is -3.71. The van der Waals surface area contributed by atoms with Gasteiger partial charge in [0.05, 0.1) is 22.4 Å². The number of piperazine rings is 1. The molecule has 3 rings (SSSR count). The predicted octanol–water partition coefficient (Wildman–Crippen LogP) is 2.30. The molecule has 0 spiro atoms. The third kappa shape index (κ3) is 5.05. The molecule has 0 radical (unpaired) electrons. The van der Waals surface area contributed by atoms with Crippen LogP contribution in [0, 0.1) is 5.92 Å². The Bertz CT molecular complexity index is 825. The van der Waals surface area contributed by atoms with Crippen molar-refractivity contribution in [3.05, 3.63) is 23.2 Å². The molecular formula is C20H30ClN3O4S. The highest BCUT2D eigenvalue weighted by Gasteiger charge is 2.36. The first-order valence-corrected chi connectivity index (χ1v) is 12.1. The van der Waals surface area contributed by atoms with Gasteiger partial charge in [0.15, 0.2) is 0 Å². The van der Waals surface area contributed by atoms with E-state index < -0.39 is 10.0 Å². The first kappa shape index (κ1) is 22.3. The first-order chi connectivity index (χ1) is 13.9. The maximum atomic E-state index is 13.1. The fourth-order valence-corrected chi connectivity index (χ4v) is 5.82. The fraction of sp³-hybridized carbons (Fsp3) is 0.650. The number of benzene rings is 1. The minimum Gasteiger partial charge on any atom is -0.492 e. The summed E-state index contributed by atoms with van der Waals surface area (Å²) in [5, 5.41) is 0.270. The molecule has 0 N–H and O–H groups in total. The van der Waals surface area contributed by atoms with Crippen LogP contribution in [0.1, 0.15) is 26.7 Å². The average Bonchev–Trinajstić information content (AvgIpc) is 2.75. The number of rotatable bonds is 6. The predicted molar refractivity (Wildman–Crippen MR) is 113 cm³/mol. The van der Waals surface area contributed by atoms with Crippen LogP contribution in [-0.2, 0) is 14.8 Å². The molecule has 1 aromatic rings. The summed E-state index contributed by atoms with van der Waals surface area (Å²) >= 11 is 6.18. The van der Waals surface area contributed by atoms with E-state index in [1.54, 1.807) is 6.07 Å². The Morgan fingerprint density at radius 2 is 1.90 bits per heavy atom. The normalized spacial score (nSPS) is 21.9. The molecule has 0 saturated carbocycles. The lowest BCUT2D eigenvalue weighted by Gasteiger charge is -2.38. The molecule has 1 amide bonds. The zero-order valence-electron chi connectivity index (χ0n) is 17.1. The van der Waals surface area contributed by atoms with Gasteiger partial charge in [0.25, 0.3) is 0 Å². The van der Waals surface area contributed by atoms with Crippen LogP contribution in [0.5, 0.6) is 5.75 Å². The monoisotopic (exact) mass is 443 g/mol. The zero-order valence-corrected chi connectivity index (χ0v) is 18.7. The molecule has 162 valence electrons. The standard InChI is InChI=1S/C20H30ClN3O4S/c1-3-22-10-12-23(13-11-22)20(25)16-6-5-9-24(15-16)29(26,27)17-7-8-19(28-4-2)18(21)14-17/h7-8,14,16H,3-6,9-13,15H2,1-2H3/t16-/m0/s1. The number of piperidine rings is 1. The Morgan fingerprint density at radius 1 is 1.17 bits per heavy atom. The topological polar surface area (TPSA) is 70.2 Å². The zero-order chi connectivity index (χ0) is 21.0. The molecule has 0 unspecified atom stereocenters. The number of amides is 1. The van der Waals surface area contributed by atoms with Crippen molar-refractivity contribution in [3.8, 4) is 5.75 Å². The van der Waals surface area contributed by atoms with Crippen molar-refractivity contribution in [1.29, 1.82) is 0 Å². The van der Waals surface area contributed by atoms with Crippen LogP contribution in [0.15, 0.2) is 23.1 Å². The van der Waals surface area contributed by atoms with Gasteiger partial charge in [-0.3, -0.25) is 4.79 Å². The SMILES string of the molecule is CCOc1ccc(S(=O)(=O)N2CCC[C@H](C(=O)N3CCN(CC)CC3)C2)cc1Cl. The van der Waals surface area contributed by atoms with Crippen LogP contribution in [0.3, 0.4) is 0 Å². The highest BCUT2D eigenvalue weighted by atomic mass is 35.5. The van der Waals surface area contributed by atoms with E-state index in [-0.39, 0.29) is 28.3 Å². The molecule has 29 heavy (non-hydrogen) atoms. The summed E-state index contributed by atoms with van der Waals surface area (Å²) in [6.45, 7) is 9.22. The van der Waals surface area contributed by atoms with Gasteiger partial charge in [-0.2, -0.15) is 4.31 Å². The van der Waals surface area contributed by atoms with Crippen molar-refractivity contribution in [2.75, 3.05) is 52.4 Å². The van der Waals surface area contributed by atoms with Crippen molar-refractivity contribution >= 4 is 27.5 Å². The lowest BCUT2D eigenvalue weighted by molar-refractivity contribution is -0.138. The van der Waals surface area contributed by atoms with E-state index in [9.17, 15) is 13.2 Å². The van der Waals surface area contributed by atoms with Gasteiger partial charge >= 0.3 is 0 Å². The second-order valence-electron chi connectivity index (χ2n) is 7.49. The average molecular weight is 444 g/mol. The number of hydrogen-bond acceptors (Lipinski definition) is 5. The van der Waals surface area contributed by atoms with Gasteiger partial charge in [-0.05, 0) is 44.5 Å². The number of nitrogens with zero attached hydrogens (tertiary/aromatic N) is 3. The van der Waals surface area contributed by atoms with Crippen molar-refractivity contribution in [2.45, 2.75) is 31.6 Å². The van der Waals surface area contributed by atoms with Crippen LogP contribution < -0.4 is 4.74 Å². The molecule has 7 nitrogen and oxygen atoms in total. The smallest absolute Gasteiger partial charge is 0.243 e. The number of likely N-dealkylation sites (N-methyl/N-ethyl adjacent to an activating group) is 1. The van der Waals surface area contributed by atoms with E-state index in [4.69, 9.17) is 16.3 Å². The summed E-state index contributed by atoms with van der Waals surface area (Å²) in [5.41, 5.74) is 0. The lowest BCUT2D eigenvalue weighted by Crippen LogP contribution is -2.52. The molecule has 0 aliphatic carbocycles. The summed E-state index contributed by atoms with van der Waals surface area (Å²) in [5.74, 6) is 0.251. The molecule has 1 atom stereocenters. The van der Waals surface area contributed by atoms with E-state index in [0.717, 1.165) is 26.1 Å². The highest BCUT2D eigenvalue weighted by molar-refractivity contribution is 7.89. The number of hydrogen-bond donors (Lipinski definition) is 0. The van der Waals surface area contributed by atoms with Crippen LogP contribution >= 0.6 is 11.6 Å². The van der Waals surface area contributed by atoms with Crippen molar-refractivity contribution < 1.29 is 17.9 Å². The van der Waals surface area contributed by atoms with Gasteiger partial charge in [-0.1, -0.05) is 18.5 Å². The van der Waals surface area contributed by atoms with E-state index in [0.29, 0.717) is 38.4 Å². The summed E-state index contributed by atoms with van der Waals surface area (Å²) in [6.07, 6.45) is 1.40. The minimum absolute atomic E-state index is 0.0744. The van der Waals surface area contributed by atoms with Gasteiger partial charge in [0, 0.05) is 39.3 Å². The quantitative estimate of drug-likeness (QED) is 0.674. The van der Waals surface area contributed by atoms with Crippen molar-refractivity contribution in [3.63, 3.8) is 0 Å². The highest BCUT2D eigenvalue weighted by Crippen LogP contribution is 2.31. The molecule has 0 aromatic heterocycles. The molecule has 2 heterocycles. The summed E-state index contributed by atoms with van der Waals surface area (Å²) in [6, 6.07) is 4.53. The number of halogens is 1. The van der Waals surface area contributed by atoms with Crippen LogP contribution in [0.2, 0.25) is 5.02 Å². The van der Waals surface area contributed by atoms with Crippen molar-refractivity contribution in [2.24, 2.45) is 5.92 Å². The second kappa shape index (κ2) is 9.64. The maximum Gasteiger partial charge on any atom is 0.243 e. The molecule has 0 bridgehead atoms. The van der Waals surface area contributed by atoms with E-state index >= 15 is 0 Å². The van der Waals surface area contributed by atoms with Gasteiger partial charge in [-0.25, -0.2) is 8.42 Å². The van der Waals surface area contributed by atoms with Crippen LogP contribution in [0.25, 0.3) is 0 Å². The third-order valence-corrected chi connectivity index (χ3v) is 7.86. The van der Waals surface area contributed by atoms with Gasteiger partial charge in [-0.15, -0.1) is 0 Å².